The molecule has 0 fully saturated rings. The first kappa shape index (κ1) is 14.6. The Kier molecular flexibility index (Phi) is 4.37. The zero-order valence-corrected chi connectivity index (χ0v) is 12.6. The van der Waals surface area contributed by atoms with Gasteiger partial charge in [-0.05, 0) is 37.1 Å². The lowest BCUT2D eigenvalue weighted by Gasteiger charge is -2.24. The van der Waals surface area contributed by atoms with Crippen molar-refractivity contribution in [3.8, 4) is 0 Å². The van der Waals surface area contributed by atoms with Crippen LogP contribution in [0.2, 0.25) is 0 Å². The van der Waals surface area contributed by atoms with Crippen molar-refractivity contribution < 1.29 is 9.59 Å². The van der Waals surface area contributed by atoms with E-state index in [1.54, 1.807) is 24.3 Å². The Balaban J connectivity index is 1.69. The second kappa shape index (κ2) is 6.60. The molecule has 0 aromatic heterocycles. The highest BCUT2D eigenvalue weighted by Gasteiger charge is 2.18. The zero-order valence-electron chi connectivity index (χ0n) is 12.6. The minimum Gasteiger partial charge on any atom is -0.335 e. The molecule has 0 saturated heterocycles. The number of nitrogens with zero attached hydrogens (tertiary/aromatic N) is 2. The van der Waals surface area contributed by atoms with E-state index < -0.39 is 0 Å². The summed E-state index contributed by atoms with van der Waals surface area (Å²) in [4.78, 5) is 28.4. The summed E-state index contributed by atoms with van der Waals surface area (Å²) in [6.07, 6.45) is 10.0. The molecule has 0 N–H and O–H groups in total. The molecule has 0 saturated carbocycles. The van der Waals surface area contributed by atoms with Crippen LogP contribution in [0.1, 0.15) is 33.6 Å². The van der Waals surface area contributed by atoms with E-state index in [9.17, 15) is 9.59 Å². The van der Waals surface area contributed by atoms with Crippen LogP contribution >= 0.6 is 0 Å². The van der Waals surface area contributed by atoms with Crippen molar-refractivity contribution in [2.45, 2.75) is 12.8 Å². The second-order valence-corrected chi connectivity index (χ2v) is 5.60. The average Bonchev–Trinajstić information content (AvgIpc) is 2.62. The van der Waals surface area contributed by atoms with Crippen LogP contribution in [0.25, 0.3) is 0 Å². The summed E-state index contributed by atoms with van der Waals surface area (Å²) in [5.74, 6) is 0.0634. The summed E-state index contributed by atoms with van der Waals surface area (Å²) in [6.45, 7) is 2.85. The maximum Gasteiger partial charge on any atom is 0.254 e. The summed E-state index contributed by atoms with van der Waals surface area (Å²) in [6, 6.07) is 7.03. The van der Waals surface area contributed by atoms with Crippen molar-refractivity contribution in [2.75, 3.05) is 26.2 Å². The SMILES string of the molecule is O=C(c1ccc(C(=O)N2CC=CCC2)cc1)N1CC=CCC1. The molecule has 0 radical (unpaired) electrons. The molecule has 0 spiro atoms. The molecule has 2 aliphatic rings. The van der Waals surface area contributed by atoms with Crippen LogP contribution < -0.4 is 0 Å². The van der Waals surface area contributed by atoms with E-state index in [0.29, 0.717) is 24.2 Å². The molecule has 3 rings (SSSR count). The van der Waals surface area contributed by atoms with E-state index in [1.165, 1.54) is 0 Å². The van der Waals surface area contributed by atoms with Crippen molar-refractivity contribution in [3.63, 3.8) is 0 Å². The van der Waals surface area contributed by atoms with Gasteiger partial charge in [0.2, 0.25) is 0 Å². The smallest absolute Gasteiger partial charge is 0.254 e. The number of amides is 2. The van der Waals surface area contributed by atoms with Gasteiger partial charge >= 0.3 is 0 Å². The van der Waals surface area contributed by atoms with Gasteiger partial charge in [0.25, 0.3) is 11.8 Å². The quantitative estimate of drug-likeness (QED) is 0.787. The number of hydrogen-bond acceptors (Lipinski definition) is 2. The molecular formula is C18H20N2O2. The summed E-state index contributed by atoms with van der Waals surface area (Å²) in [7, 11) is 0. The van der Waals surface area contributed by atoms with Gasteiger partial charge in [-0.25, -0.2) is 0 Å². The fourth-order valence-corrected chi connectivity index (χ4v) is 2.77. The van der Waals surface area contributed by atoms with E-state index in [-0.39, 0.29) is 11.8 Å². The third-order valence-electron chi connectivity index (χ3n) is 4.07. The molecule has 1 aromatic rings. The van der Waals surface area contributed by atoms with Gasteiger partial charge in [-0.2, -0.15) is 0 Å². The largest absolute Gasteiger partial charge is 0.335 e. The third-order valence-corrected chi connectivity index (χ3v) is 4.07. The normalized spacial score (nSPS) is 17.6. The molecule has 22 heavy (non-hydrogen) atoms. The van der Waals surface area contributed by atoms with Gasteiger partial charge < -0.3 is 9.80 Å². The van der Waals surface area contributed by atoms with Gasteiger partial charge in [-0.15, -0.1) is 0 Å². The summed E-state index contributed by atoms with van der Waals surface area (Å²) in [5, 5.41) is 0. The van der Waals surface area contributed by atoms with Gasteiger partial charge in [-0.1, -0.05) is 24.3 Å². The Hall–Kier alpha value is -2.36. The molecule has 0 aliphatic carbocycles. The Labute approximate surface area is 130 Å². The van der Waals surface area contributed by atoms with Gasteiger partial charge in [0.05, 0.1) is 0 Å². The third kappa shape index (κ3) is 3.11. The molecule has 2 amide bonds. The van der Waals surface area contributed by atoms with Crippen molar-refractivity contribution >= 4 is 11.8 Å². The van der Waals surface area contributed by atoms with Crippen LogP contribution in [0.15, 0.2) is 48.6 Å². The van der Waals surface area contributed by atoms with Crippen LogP contribution in [0.5, 0.6) is 0 Å². The van der Waals surface area contributed by atoms with E-state index in [0.717, 1.165) is 25.9 Å². The highest BCUT2D eigenvalue weighted by atomic mass is 16.2. The lowest BCUT2D eigenvalue weighted by atomic mass is 10.1. The number of rotatable bonds is 2. The number of carbonyl (C=O) groups excluding carboxylic acids is 2. The first-order valence-electron chi connectivity index (χ1n) is 7.74. The number of benzene rings is 1. The molecule has 2 aliphatic heterocycles. The maximum atomic E-state index is 12.4. The van der Waals surface area contributed by atoms with Crippen molar-refractivity contribution in [3.05, 3.63) is 59.7 Å². The molecule has 0 atom stereocenters. The fraction of sp³-hybridized carbons (Fsp3) is 0.333. The molecule has 4 heteroatoms. The molecule has 4 nitrogen and oxygen atoms in total. The first-order chi connectivity index (χ1) is 10.8. The zero-order chi connectivity index (χ0) is 15.4. The minimum absolute atomic E-state index is 0.0317. The molecule has 2 heterocycles. The predicted octanol–water partition coefficient (Wildman–Crippen LogP) is 2.49. The molecule has 114 valence electrons. The van der Waals surface area contributed by atoms with Crippen LogP contribution in [-0.4, -0.2) is 47.8 Å². The number of carbonyl (C=O) groups is 2. The van der Waals surface area contributed by atoms with Gasteiger partial charge in [-0.3, -0.25) is 9.59 Å². The molecular weight excluding hydrogens is 276 g/mol. The second-order valence-electron chi connectivity index (χ2n) is 5.60. The maximum absolute atomic E-state index is 12.4. The standard InChI is InChI=1S/C18H20N2O2/c21-17(19-11-3-1-4-12-19)15-7-9-16(10-8-15)18(22)20-13-5-2-6-14-20/h1-3,5,7-10H,4,6,11-14H2. The summed E-state index contributed by atoms with van der Waals surface area (Å²) >= 11 is 0. The van der Waals surface area contributed by atoms with Crippen molar-refractivity contribution in [2.24, 2.45) is 0 Å². The fourth-order valence-electron chi connectivity index (χ4n) is 2.77. The lowest BCUT2D eigenvalue weighted by Crippen LogP contribution is -2.34. The lowest BCUT2D eigenvalue weighted by molar-refractivity contribution is 0.0759. The average molecular weight is 296 g/mol. The molecule has 0 bridgehead atoms. The van der Waals surface area contributed by atoms with Crippen LogP contribution in [0.3, 0.4) is 0 Å². The topological polar surface area (TPSA) is 40.6 Å². The summed E-state index contributed by atoms with van der Waals surface area (Å²) in [5.41, 5.74) is 1.29. The van der Waals surface area contributed by atoms with E-state index in [1.807, 2.05) is 22.0 Å². The van der Waals surface area contributed by atoms with Gasteiger partial charge in [0, 0.05) is 37.3 Å². The first-order valence-corrected chi connectivity index (χ1v) is 7.74. The van der Waals surface area contributed by atoms with E-state index in [2.05, 4.69) is 12.2 Å². The molecule has 0 unspecified atom stereocenters. The van der Waals surface area contributed by atoms with E-state index >= 15 is 0 Å². The van der Waals surface area contributed by atoms with E-state index in [4.69, 9.17) is 0 Å². The van der Waals surface area contributed by atoms with Crippen LogP contribution in [-0.2, 0) is 0 Å². The van der Waals surface area contributed by atoms with Crippen molar-refractivity contribution in [1.82, 2.24) is 9.80 Å². The van der Waals surface area contributed by atoms with Crippen molar-refractivity contribution in [1.29, 1.82) is 0 Å². The highest BCUT2D eigenvalue weighted by Crippen LogP contribution is 2.13. The number of hydrogen-bond donors (Lipinski definition) is 0. The predicted molar refractivity (Wildman–Crippen MR) is 85.8 cm³/mol. The Morgan fingerprint density at radius 2 is 1.09 bits per heavy atom. The van der Waals surface area contributed by atoms with Crippen LogP contribution in [0, 0.1) is 0 Å². The molecule has 1 aromatic carbocycles. The van der Waals surface area contributed by atoms with Crippen LogP contribution in [0.4, 0.5) is 0 Å². The minimum atomic E-state index is 0.0317. The Morgan fingerprint density at radius 1 is 0.682 bits per heavy atom. The van der Waals surface area contributed by atoms with Gasteiger partial charge in [0.15, 0.2) is 0 Å². The van der Waals surface area contributed by atoms with Gasteiger partial charge in [0.1, 0.15) is 0 Å². The summed E-state index contributed by atoms with van der Waals surface area (Å²) < 4.78 is 0. The Morgan fingerprint density at radius 3 is 1.41 bits per heavy atom. The highest BCUT2D eigenvalue weighted by molar-refractivity contribution is 5.98. The monoisotopic (exact) mass is 296 g/mol. The Bertz CT molecular complexity index is 561.